The monoisotopic (exact) mass is 387 g/mol. The minimum Gasteiger partial charge on any atom is -0.497 e. The number of thiazole rings is 1. The van der Waals surface area contributed by atoms with E-state index >= 15 is 0 Å². The Morgan fingerprint density at radius 1 is 1.22 bits per heavy atom. The molecule has 2 aromatic rings. The number of hydrogen-bond acceptors (Lipinski definition) is 5. The number of methoxy groups -OCH3 is 1. The van der Waals surface area contributed by atoms with Gasteiger partial charge in [-0.1, -0.05) is 19.3 Å². The van der Waals surface area contributed by atoms with Crippen LogP contribution in [0.25, 0.3) is 0 Å². The number of aryl methyl sites for hydroxylation is 1. The highest BCUT2D eigenvalue weighted by atomic mass is 32.1. The topological polar surface area (TPSA) is 71.5 Å². The van der Waals surface area contributed by atoms with Crippen LogP contribution in [0.1, 0.15) is 48.2 Å². The van der Waals surface area contributed by atoms with Crippen LogP contribution in [-0.4, -0.2) is 41.4 Å². The Hall–Kier alpha value is -2.41. The summed E-state index contributed by atoms with van der Waals surface area (Å²) in [5, 5.41) is 5.27. The first-order chi connectivity index (χ1) is 13.1. The van der Waals surface area contributed by atoms with Crippen molar-refractivity contribution in [3.63, 3.8) is 0 Å². The molecule has 2 amide bonds. The molecule has 0 radical (unpaired) electrons. The molecule has 3 rings (SSSR count). The summed E-state index contributed by atoms with van der Waals surface area (Å²) in [6.07, 6.45) is 5.23. The molecule has 1 aromatic carbocycles. The third-order valence-corrected chi connectivity index (χ3v) is 5.67. The number of aromatic nitrogens is 1. The first-order valence-electron chi connectivity index (χ1n) is 9.24. The Kier molecular flexibility index (Phi) is 6.45. The zero-order valence-corrected chi connectivity index (χ0v) is 16.6. The third-order valence-electron chi connectivity index (χ3n) is 4.79. The summed E-state index contributed by atoms with van der Waals surface area (Å²) in [4.78, 5) is 31.7. The molecule has 0 aliphatic heterocycles. The van der Waals surface area contributed by atoms with Gasteiger partial charge in [0.25, 0.3) is 5.91 Å². The molecule has 0 atom stereocenters. The SMILES string of the molecule is COc1ccc(C(=O)N(CC(=O)Nc2nc(C)cs2)C2CCCCC2)cc1. The maximum atomic E-state index is 13.1. The van der Waals surface area contributed by atoms with E-state index in [-0.39, 0.29) is 24.4 Å². The summed E-state index contributed by atoms with van der Waals surface area (Å²) in [7, 11) is 1.59. The van der Waals surface area contributed by atoms with Gasteiger partial charge < -0.3 is 15.0 Å². The van der Waals surface area contributed by atoms with Crippen molar-refractivity contribution in [2.45, 2.75) is 45.1 Å². The minimum absolute atomic E-state index is 0.0359. The molecule has 144 valence electrons. The molecule has 0 bridgehead atoms. The van der Waals surface area contributed by atoms with Gasteiger partial charge >= 0.3 is 0 Å². The molecular formula is C20H25N3O3S. The van der Waals surface area contributed by atoms with E-state index in [2.05, 4.69) is 10.3 Å². The second-order valence-electron chi connectivity index (χ2n) is 6.80. The van der Waals surface area contributed by atoms with E-state index in [4.69, 9.17) is 4.74 Å². The largest absolute Gasteiger partial charge is 0.497 e. The Labute approximate surface area is 163 Å². The van der Waals surface area contributed by atoms with Crippen molar-refractivity contribution in [3.05, 3.63) is 40.9 Å². The quantitative estimate of drug-likeness (QED) is 0.817. The Balaban J connectivity index is 1.74. The molecule has 6 nitrogen and oxygen atoms in total. The molecular weight excluding hydrogens is 362 g/mol. The molecule has 1 N–H and O–H groups in total. The number of carbonyl (C=O) groups excluding carboxylic acids is 2. The van der Waals surface area contributed by atoms with Crippen LogP contribution < -0.4 is 10.1 Å². The maximum absolute atomic E-state index is 13.1. The lowest BCUT2D eigenvalue weighted by molar-refractivity contribution is -0.117. The van der Waals surface area contributed by atoms with Crippen molar-refractivity contribution < 1.29 is 14.3 Å². The van der Waals surface area contributed by atoms with Crippen molar-refractivity contribution in [1.82, 2.24) is 9.88 Å². The molecule has 1 aromatic heterocycles. The second-order valence-corrected chi connectivity index (χ2v) is 7.65. The van der Waals surface area contributed by atoms with Crippen LogP contribution in [0.2, 0.25) is 0 Å². The van der Waals surface area contributed by atoms with Crippen LogP contribution in [0.5, 0.6) is 5.75 Å². The lowest BCUT2D eigenvalue weighted by Gasteiger charge is -2.34. The van der Waals surface area contributed by atoms with Gasteiger partial charge in [0.05, 0.1) is 12.8 Å². The average molecular weight is 388 g/mol. The predicted molar refractivity (Wildman–Crippen MR) is 106 cm³/mol. The van der Waals surface area contributed by atoms with Crippen LogP contribution in [0, 0.1) is 6.92 Å². The minimum atomic E-state index is -0.211. The fraction of sp³-hybridized carbons (Fsp3) is 0.450. The highest BCUT2D eigenvalue weighted by Gasteiger charge is 2.28. The van der Waals surface area contributed by atoms with Gasteiger partial charge in [-0.3, -0.25) is 9.59 Å². The van der Waals surface area contributed by atoms with Gasteiger partial charge in [-0.05, 0) is 44.0 Å². The highest BCUT2D eigenvalue weighted by molar-refractivity contribution is 7.13. The van der Waals surface area contributed by atoms with E-state index < -0.39 is 0 Å². The van der Waals surface area contributed by atoms with E-state index in [1.807, 2.05) is 12.3 Å². The van der Waals surface area contributed by atoms with Crippen LogP contribution in [0.4, 0.5) is 5.13 Å². The maximum Gasteiger partial charge on any atom is 0.254 e. The van der Waals surface area contributed by atoms with Gasteiger partial charge in [0.2, 0.25) is 5.91 Å². The Bertz CT molecular complexity index is 782. The first kappa shape index (κ1) is 19.4. The Morgan fingerprint density at radius 2 is 1.93 bits per heavy atom. The first-order valence-corrected chi connectivity index (χ1v) is 10.1. The van der Waals surface area contributed by atoms with Crippen LogP contribution >= 0.6 is 11.3 Å². The summed E-state index contributed by atoms with van der Waals surface area (Å²) in [6, 6.07) is 7.13. The van der Waals surface area contributed by atoms with Gasteiger partial charge in [0.1, 0.15) is 12.3 Å². The molecule has 27 heavy (non-hydrogen) atoms. The summed E-state index contributed by atoms with van der Waals surface area (Å²) in [5.41, 5.74) is 1.44. The van der Waals surface area contributed by atoms with Gasteiger partial charge in [-0.2, -0.15) is 0 Å². The lowest BCUT2D eigenvalue weighted by Crippen LogP contribution is -2.45. The summed E-state index contributed by atoms with van der Waals surface area (Å²) in [5.74, 6) is 0.374. The molecule has 1 heterocycles. The molecule has 1 aliphatic carbocycles. The number of hydrogen-bond donors (Lipinski definition) is 1. The van der Waals surface area contributed by atoms with E-state index in [0.29, 0.717) is 16.4 Å². The fourth-order valence-electron chi connectivity index (χ4n) is 3.38. The second kappa shape index (κ2) is 8.99. The average Bonchev–Trinajstić information content (AvgIpc) is 3.11. The number of ether oxygens (including phenoxy) is 1. The van der Waals surface area contributed by atoms with E-state index in [9.17, 15) is 9.59 Å². The number of anilines is 1. The zero-order chi connectivity index (χ0) is 19.2. The van der Waals surface area contributed by atoms with E-state index in [0.717, 1.165) is 31.4 Å². The lowest BCUT2D eigenvalue weighted by atomic mass is 9.93. The standard InChI is InChI=1S/C20H25N3O3S/c1-14-13-27-20(21-14)22-18(24)12-23(16-6-4-3-5-7-16)19(25)15-8-10-17(26-2)11-9-15/h8-11,13,16H,3-7,12H2,1-2H3,(H,21,22,24). The Morgan fingerprint density at radius 3 is 2.52 bits per heavy atom. The van der Waals surface area contributed by atoms with Gasteiger partial charge in [0, 0.05) is 17.0 Å². The number of amides is 2. The van der Waals surface area contributed by atoms with Gasteiger partial charge in [-0.25, -0.2) is 4.98 Å². The van der Waals surface area contributed by atoms with E-state index in [1.165, 1.54) is 17.8 Å². The molecule has 1 aliphatic rings. The van der Waals surface area contributed by atoms with E-state index in [1.54, 1.807) is 36.3 Å². The molecule has 0 unspecified atom stereocenters. The smallest absolute Gasteiger partial charge is 0.254 e. The van der Waals surface area contributed by atoms with Crippen molar-refractivity contribution in [1.29, 1.82) is 0 Å². The van der Waals surface area contributed by atoms with Crippen molar-refractivity contribution in [2.24, 2.45) is 0 Å². The number of nitrogens with one attached hydrogen (secondary N) is 1. The number of carbonyl (C=O) groups is 2. The molecule has 1 fully saturated rings. The number of benzene rings is 1. The molecule has 0 spiro atoms. The van der Waals surface area contributed by atoms with Crippen LogP contribution in [0.3, 0.4) is 0 Å². The highest BCUT2D eigenvalue weighted by Crippen LogP contribution is 2.25. The summed E-state index contributed by atoms with van der Waals surface area (Å²) < 4.78 is 5.16. The van der Waals surface area contributed by atoms with Crippen LogP contribution in [0.15, 0.2) is 29.6 Å². The fourth-order valence-corrected chi connectivity index (χ4v) is 4.09. The molecule has 0 saturated heterocycles. The number of nitrogens with zero attached hydrogens (tertiary/aromatic N) is 2. The van der Waals surface area contributed by atoms with Gasteiger partial charge in [-0.15, -0.1) is 11.3 Å². The number of rotatable bonds is 6. The molecule has 1 saturated carbocycles. The van der Waals surface area contributed by atoms with Crippen molar-refractivity contribution >= 4 is 28.3 Å². The van der Waals surface area contributed by atoms with Crippen molar-refractivity contribution in [3.8, 4) is 5.75 Å². The zero-order valence-electron chi connectivity index (χ0n) is 15.7. The summed E-state index contributed by atoms with van der Waals surface area (Å²) in [6.45, 7) is 1.92. The summed E-state index contributed by atoms with van der Waals surface area (Å²) >= 11 is 1.39. The van der Waals surface area contributed by atoms with Gasteiger partial charge in [0.15, 0.2) is 5.13 Å². The van der Waals surface area contributed by atoms with Crippen molar-refractivity contribution in [2.75, 3.05) is 19.0 Å². The molecule has 7 heteroatoms. The normalized spacial score (nSPS) is 14.6. The van der Waals surface area contributed by atoms with Crippen LogP contribution in [-0.2, 0) is 4.79 Å². The third kappa shape index (κ3) is 5.07. The predicted octanol–water partition coefficient (Wildman–Crippen LogP) is 3.87.